The van der Waals surface area contributed by atoms with Crippen molar-refractivity contribution in [2.24, 2.45) is 0 Å². The smallest absolute Gasteiger partial charge is 0.161 e. The first kappa shape index (κ1) is 17.7. The Kier molecular flexibility index (Phi) is 4.62. The van der Waals surface area contributed by atoms with Gasteiger partial charge in [-0.25, -0.2) is 4.98 Å². The molecule has 0 fully saturated rings. The molecular weight excluding hydrogens is 378 g/mol. The highest BCUT2D eigenvalue weighted by atomic mass is 32.1. The molecule has 0 saturated carbocycles. The second-order valence-corrected chi connectivity index (χ2v) is 7.81. The lowest BCUT2D eigenvalue weighted by Crippen LogP contribution is -1.98. The van der Waals surface area contributed by atoms with E-state index in [-0.39, 0.29) is 0 Å². The maximum Gasteiger partial charge on any atom is 0.161 e. The fraction of sp³-hybridized carbons (Fsp3) is 0.0800. The van der Waals surface area contributed by atoms with E-state index in [1.165, 1.54) is 15.5 Å². The van der Waals surface area contributed by atoms with Crippen molar-refractivity contribution in [1.29, 1.82) is 0 Å². The van der Waals surface area contributed by atoms with Crippen LogP contribution in [0, 0.1) is 0 Å². The summed E-state index contributed by atoms with van der Waals surface area (Å²) in [6, 6.07) is 28.8. The first-order valence-electron chi connectivity index (χ1n) is 9.45. The number of hydrogen-bond acceptors (Lipinski definition) is 4. The summed E-state index contributed by atoms with van der Waals surface area (Å²) in [5.41, 5.74) is 3.20. The van der Waals surface area contributed by atoms with Crippen LogP contribution in [0.3, 0.4) is 0 Å². The Morgan fingerprint density at radius 3 is 2.55 bits per heavy atom. The van der Waals surface area contributed by atoms with E-state index >= 15 is 0 Å². The summed E-state index contributed by atoms with van der Waals surface area (Å²) in [6.07, 6.45) is 0. The third-order valence-electron chi connectivity index (χ3n) is 4.97. The summed E-state index contributed by atoms with van der Waals surface area (Å²) in [5, 5.41) is 3.40. The number of para-hydroxylation sites is 1. The molecule has 4 aromatic carbocycles. The fourth-order valence-electron chi connectivity index (χ4n) is 3.49. The predicted octanol–water partition coefficient (Wildman–Crippen LogP) is 6.70. The minimum Gasteiger partial charge on any atom is -0.493 e. The van der Waals surface area contributed by atoms with E-state index in [1.54, 1.807) is 18.4 Å². The highest BCUT2D eigenvalue weighted by molar-refractivity contribution is 7.21. The van der Waals surface area contributed by atoms with Crippen LogP contribution < -0.4 is 9.47 Å². The molecule has 142 valence electrons. The summed E-state index contributed by atoms with van der Waals surface area (Å²) in [4.78, 5) is 4.74. The van der Waals surface area contributed by atoms with E-state index in [0.29, 0.717) is 12.4 Å². The van der Waals surface area contributed by atoms with Gasteiger partial charge >= 0.3 is 0 Å². The molecule has 0 atom stereocenters. The van der Waals surface area contributed by atoms with Gasteiger partial charge in [0.05, 0.1) is 17.3 Å². The Morgan fingerprint density at radius 1 is 0.828 bits per heavy atom. The zero-order valence-corrected chi connectivity index (χ0v) is 16.8. The number of nitrogens with zero attached hydrogens (tertiary/aromatic N) is 1. The third kappa shape index (κ3) is 3.43. The summed E-state index contributed by atoms with van der Waals surface area (Å²) in [6.45, 7) is 0.484. The topological polar surface area (TPSA) is 31.4 Å². The summed E-state index contributed by atoms with van der Waals surface area (Å²) < 4.78 is 12.9. The zero-order chi connectivity index (χ0) is 19.6. The van der Waals surface area contributed by atoms with Crippen molar-refractivity contribution in [1.82, 2.24) is 4.98 Å². The predicted molar refractivity (Wildman–Crippen MR) is 120 cm³/mol. The van der Waals surface area contributed by atoms with Gasteiger partial charge in [0.1, 0.15) is 11.6 Å². The first-order chi connectivity index (χ1) is 14.3. The van der Waals surface area contributed by atoms with Gasteiger partial charge in [-0.2, -0.15) is 0 Å². The van der Waals surface area contributed by atoms with Crippen molar-refractivity contribution >= 4 is 32.3 Å². The normalized spacial score (nSPS) is 11.1. The summed E-state index contributed by atoms with van der Waals surface area (Å²) >= 11 is 1.68. The molecule has 29 heavy (non-hydrogen) atoms. The average molecular weight is 397 g/mol. The number of methoxy groups -OCH3 is 1. The van der Waals surface area contributed by atoms with Gasteiger partial charge in [-0.3, -0.25) is 0 Å². The highest BCUT2D eigenvalue weighted by Crippen LogP contribution is 2.36. The Morgan fingerprint density at radius 2 is 1.66 bits per heavy atom. The Hall–Kier alpha value is -3.37. The molecule has 0 aliphatic rings. The number of thiazole rings is 1. The van der Waals surface area contributed by atoms with Crippen LogP contribution in [0.15, 0.2) is 84.9 Å². The monoisotopic (exact) mass is 397 g/mol. The lowest BCUT2D eigenvalue weighted by Gasteiger charge is -2.13. The van der Waals surface area contributed by atoms with Crippen molar-refractivity contribution in [3.8, 4) is 22.1 Å². The van der Waals surface area contributed by atoms with Gasteiger partial charge in [0.15, 0.2) is 11.5 Å². The van der Waals surface area contributed by atoms with Crippen LogP contribution in [0.2, 0.25) is 0 Å². The van der Waals surface area contributed by atoms with Crippen LogP contribution in [-0.4, -0.2) is 12.1 Å². The summed E-state index contributed by atoms with van der Waals surface area (Å²) in [5.74, 6) is 1.44. The highest BCUT2D eigenvalue weighted by Gasteiger charge is 2.11. The fourth-order valence-corrected chi connectivity index (χ4v) is 4.45. The number of fused-ring (bicyclic) bond motifs is 2. The molecule has 0 saturated heterocycles. The molecule has 0 aliphatic carbocycles. The number of rotatable bonds is 5. The van der Waals surface area contributed by atoms with Crippen molar-refractivity contribution in [3.05, 3.63) is 90.5 Å². The number of aromatic nitrogens is 1. The molecule has 0 aliphatic heterocycles. The lowest BCUT2D eigenvalue weighted by molar-refractivity contribution is 0.286. The Bertz CT molecular complexity index is 1270. The average Bonchev–Trinajstić information content (AvgIpc) is 3.22. The molecular formula is C25H19NO2S. The summed E-state index contributed by atoms with van der Waals surface area (Å²) in [7, 11) is 1.67. The molecule has 3 nitrogen and oxygen atoms in total. The quantitative estimate of drug-likeness (QED) is 0.330. The van der Waals surface area contributed by atoms with Crippen LogP contribution >= 0.6 is 11.3 Å². The molecule has 0 spiro atoms. The van der Waals surface area contributed by atoms with Gasteiger partial charge in [-0.15, -0.1) is 11.3 Å². The SMILES string of the molecule is COc1cc(-c2nc3ccccc3s2)ccc1OCc1cccc2ccccc12. The van der Waals surface area contributed by atoms with Gasteiger partial charge < -0.3 is 9.47 Å². The van der Waals surface area contributed by atoms with Crippen LogP contribution in [0.5, 0.6) is 11.5 Å². The van der Waals surface area contributed by atoms with E-state index in [1.807, 2.05) is 36.4 Å². The molecule has 0 unspecified atom stereocenters. The van der Waals surface area contributed by atoms with Crippen molar-refractivity contribution in [2.45, 2.75) is 6.61 Å². The van der Waals surface area contributed by atoms with Crippen molar-refractivity contribution < 1.29 is 9.47 Å². The molecule has 5 aromatic rings. The number of ether oxygens (including phenoxy) is 2. The van der Waals surface area contributed by atoms with Crippen LogP contribution in [0.4, 0.5) is 0 Å². The Balaban J connectivity index is 1.43. The molecule has 0 radical (unpaired) electrons. The van der Waals surface area contributed by atoms with Gasteiger partial charge in [-0.05, 0) is 46.7 Å². The molecule has 4 heteroatoms. The molecule has 1 heterocycles. The van der Waals surface area contributed by atoms with Crippen LogP contribution in [-0.2, 0) is 6.61 Å². The van der Waals surface area contributed by atoms with Gasteiger partial charge in [0, 0.05) is 5.56 Å². The van der Waals surface area contributed by atoms with E-state index in [2.05, 4.69) is 48.5 Å². The van der Waals surface area contributed by atoms with Gasteiger partial charge in [0.25, 0.3) is 0 Å². The van der Waals surface area contributed by atoms with Crippen LogP contribution in [0.25, 0.3) is 31.6 Å². The molecule has 0 bridgehead atoms. The molecule has 0 amide bonds. The van der Waals surface area contributed by atoms with Gasteiger partial charge in [0.2, 0.25) is 0 Å². The number of hydrogen-bond donors (Lipinski definition) is 0. The van der Waals surface area contributed by atoms with Gasteiger partial charge in [-0.1, -0.05) is 54.6 Å². The molecule has 5 rings (SSSR count). The second-order valence-electron chi connectivity index (χ2n) is 6.78. The van der Waals surface area contributed by atoms with Crippen LogP contribution in [0.1, 0.15) is 5.56 Å². The maximum atomic E-state index is 6.13. The van der Waals surface area contributed by atoms with Crippen molar-refractivity contribution in [2.75, 3.05) is 7.11 Å². The van der Waals surface area contributed by atoms with E-state index in [4.69, 9.17) is 14.5 Å². The maximum absolute atomic E-state index is 6.13. The molecule has 0 N–H and O–H groups in total. The Labute approximate surface area is 173 Å². The zero-order valence-electron chi connectivity index (χ0n) is 16.0. The minimum atomic E-state index is 0.484. The van der Waals surface area contributed by atoms with E-state index in [0.717, 1.165) is 27.4 Å². The minimum absolute atomic E-state index is 0.484. The molecule has 1 aromatic heterocycles. The first-order valence-corrected chi connectivity index (χ1v) is 10.3. The standard InChI is InChI=1S/C25H19NO2S/c1-27-23-15-18(25-26-21-11-4-5-12-24(21)29-25)13-14-22(23)28-16-19-9-6-8-17-7-2-3-10-20(17)19/h2-15H,16H2,1H3. The third-order valence-corrected chi connectivity index (χ3v) is 6.05. The van der Waals surface area contributed by atoms with Crippen molar-refractivity contribution in [3.63, 3.8) is 0 Å². The van der Waals surface area contributed by atoms with E-state index < -0.39 is 0 Å². The van der Waals surface area contributed by atoms with E-state index in [9.17, 15) is 0 Å². The largest absolute Gasteiger partial charge is 0.493 e. The number of benzene rings is 4. The lowest BCUT2D eigenvalue weighted by atomic mass is 10.1. The second kappa shape index (κ2) is 7.57.